The highest BCUT2D eigenvalue weighted by Gasteiger charge is 2.21. The summed E-state index contributed by atoms with van der Waals surface area (Å²) in [5, 5.41) is 3.86. The van der Waals surface area contributed by atoms with Crippen molar-refractivity contribution in [2.75, 3.05) is 11.9 Å². The summed E-state index contributed by atoms with van der Waals surface area (Å²) in [4.78, 5) is 36.1. The van der Waals surface area contributed by atoms with E-state index in [9.17, 15) is 14.4 Å². The third-order valence-electron chi connectivity index (χ3n) is 4.10. The van der Waals surface area contributed by atoms with E-state index >= 15 is 0 Å². The zero-order valence-electron chi connectivity index (χ0n) is 17.6. The number of nitrogens with one attached hydrogen (secondary N) is 1. The Morgan fingerprint density at radius 2 is 1.90 bits per heavy atom. The van der Waals surface area contributed by atoms with Gasteiger partial charge in [0.05, 0.1) is 0 Å². The van der Waals surface area contributed by atoms with Gasteiger partial charge >= 0.3 is 17.7 Å². The van der Waals surface area contributed by atoms with Gasteiger partial charge in [-0.3, -0.25) is 0 Å². The number of carbonyl (C=O) groups is 2. The summed E-state index contributed by atoms with van der Waals surface area (Å²) >= 11 is 7.00. The molecule has 0 aliphatic heterocycles. The molecule has 0 spiro atoms. The van der Waals surface area contributed by atoms with E-state index in [0.29, 0.717) is 28.6 Å². The summed E-state index contributed by atoms with van der Waals surface area (Å²) < 4.78 is 16.1. The van der Waals surface area contributed by atoms with Gasteiger partial charge in [0.2, 0.25) is 0 Å². The lowest BCUT2D eigenvalue weighted by molar-refractivity contribution is -0.133. The third kappa shape index (κ3) is 6.57. The molecule has 164 valence electrons. The van der Waals surface area contributed by atoms with Crippen molar-refractivity contribution in [3.05, 3.63) is 39.2 Å². The molecule has 1 heterocycles. The number of benzene rings is 1. The van der Waals surface area contributed by atoms with Gasteiger partial charge in [0, 0.05) is 27.2 Å². The van der Waals surface area contributed by atoms with Crippen LogP contribution in [0.4, 0.5) is 4.79 Å². The standard InChI is InChI=1S/C21H25Br2NO6/c1-11-6-16(25)28-19-12(2)18(13(8-15(11)19)7-14(23)9-22)29-17(26)10-24-20(27)30-21(3,4)5/h6,8,14H,7,9-10H2,1-5H3,(H,24,27)/t14-/m0/s1. The Hall–Kier alpha value is -1.87. The average Bonchev–Trinajstić information content (AvgIpc) is 2.62. The minimum absolute atomic E-state index is 0.0997. The number of amides is 1. The lowest BCUT2D eigenvalue weighted by atomic mass is 9.99. The maximum absolute atomic E-state index is 12.4. The van der Waals surface area contributed by atoms with Crippen LogP contribution in [-0.2, 0) is 16.0 Å². The fourth-order valence-electron chi connectivity index (χ4n) is 2.86. The molecule has 0 aliphatic carbocycles. The summed E-state index contributed by atoms with van der Waals surface area (Å²) in [5.74, 6) is -0.345. The molecule has 9 heteroatoms. The number of fused-ring (bicyclic) bond motifs is 1. The van der Waals surface area contributed by atoms with Crippen molar-refractivity contribution in [1.29, 1.82) is 0 Å². The van der Waals surface area contributed by atoms with Gasteiger partial charge in [-0.05, 0) is 58.2 Å². The molecule has 2 aromatic rings. The number of ether oxygens (including phenoxy) is 2. The van der Waals surface area contributed by atoms with Gasteiger partial charge in [0.15, 0.2) is 0 Å². The summed E-state index contributed by atoms with van der Waals surface area (Å²) in [7, 11) is 0. The number of alkyl halides is 2. The Labute approximate surface area is 191 Å². The van der Waals surface area contributed by atoms with E-state index in [0.717, 1.165) is 16.5 Å². The molecule has 0 fully saturated rings. The lowest BCUT2D eigenvalue weighted by Gasteiger charge is -2.20. The van der Waals surface area contributed by atoms with Crippen LogP contribution in [0.25, 0.3) is 11.0 Å². The van der Waals surface area contributed by atoms with E-state index in [1.54, 1.807) is 27.7 Å². The molecule has 30 heavy (non-hydrogen) atoms. The number of esters is 1. The largest absolute Gasteiger partial charge is 0.444 e. The molecule has 1 aromatic heterocycles. The Bertz CT molecular complexity index is 1010. The van der Waals surface area contributed by atoms with Gasteiger partial charge in [0.25, 0.3) is 0 Å². The second-order valence-corrected chi connectivity index (χ2v) is 9.84. The quantitative estimate of drug-likeness (QED) is 0.247. The fraction of sp³-hybridized carbons (Fsp3) is 0.476. The summed E-state index contributed by atoms with van der Waals surface area (Å²) in [5.41, 5.74) is 1.33. The first-order valence-corrected chi connectivity index (χ1v) is 11.4. The summed E-state index contributed by atoms with van der Waals surface area (Å²) in [6.07, 6.45) is -0.140. The highest BCUT2D eigenvalue weighted by molar-refractivity contribution is 9.12. The smallest absolute Gasteiger partial charge is 0.408 e. The molecular formula is C21H25Br2NO6. The van der Waals surface area contributed by atoms with Crippen LogP contribution in [0.1, 0.15) is 37.5 Å². The summed E-state index contributed by atoms with van der Waals surface area (Å²) in [6, 6.07) is 3.29. The SMILES string of the molecule is Cc1cc(=O)oc2c(C)c(OC(=O)CNC(=O)OC(C)(C)C)c(C[C@H](Br)CBr)cc12. The molecule has 0 aliphatic rings. The van der Waals surface area contributed by atoms with Crippen LogP contribution in [0.2, 0.25) is 0 Å². The molecule has 0 saturated heterocycles. The van der Waals surface area contributed by atoms with Crippen molar-refractivity contribution in [1.82, 2.24) is 5.32 Å². The topological polar surface area (TPSA) is 94.8 Å². The van der Waals surface area contributed by atoms with Crippen molar-refractivity contribution >= 4 is 54.9 Å². The molecule has 1 amide bonds. The van der Waals surface area contributed by atoms with Crippen molar-refractivity contribution in [2.45, 2.75) is 51.5 Å². The zero-order valence-corrected chi connectivity index (χ0v) is 20.7. The Balaban J connectivity index is 2.34. The van der Waals surface area contributed by atoms with Gasteiger partial charge in [-0.15, -0.1) is 0 Å². The highest BCUT2D eigenvalue weighted by Crippen LogP contribution is 2.34. The molecule has 0 saturated carbocycles. The van der Waals surface area contributed by atoms with Crippen LogP contribution >= 0.6 is 31.9 Å². The Kier molecular flexibility index (Phi) is 8.10. The summed E-state index contributed by atoms with van der Waals surface area (Å²) in [6.45, 7) is 8.38. The third-order valence-corrected chi connectivity index (χ3v) is 6.40. The van der Waals surface area contributed by atoms with Gasteiger partial charge in [-0.2, -0.15) is 0 Å². The molecule has 0 bridgehead atoms. The number of hydrogen-bond acceptors (Lipinski definition) is 6. The van der Waals surface area contributed by atoms with Crippen LogP contribution in [0.3, 0.4) is 0 Å². The fourth-order valence-corrected chi connectivity index (χ4v) is 3.43. The predicted octanol–water partition coefficient (Wildman–Crippen LogP) is 4.54. The van der Waals surface area contributed by atoms with Crippen LogP contribution in [0, 0.1) is 13.8 Å². The van der Waals surface area contributed by atoms with Gasteiger partial charge < -0.3 is 19.2 Å². The highest BCUT2D eigenvalue weighted by atomic mass is 79.9. The van der Waals surface area contributed by atoms with Crippen molar-refractivity contribution in [3.8, 4) is 5.75 Å². The van der Waals surface area contributed by atoms with Crippen molar-refractivity contribution in [3.63, 3.8) is 0 Å². The number of rotatable bonds is 6. The zero-order chi connectivity index (χ0) is 22.6. The van der Waals surface area contributed by atoms with Crippen LogP contribution in [0.5, 0.6) is 5.75 Å². The van der Waals surface area contributed by atoms with E-state index < -0.39 is 23.3 Å². The second-order valence-electron chi connectivity index (χ2n) is 7.90. The number of halogens is 2. The normalized spacial score (nSPS) is 12.5. The second kappa shape index (κ2) is 9.96. The monoisotopic (exact) mass is 545 g/mol. The minimum Gasteiger partial charge on any atom is -0.444 e. The van der Waals surface area contributed by atoms with E-state index in [2.05, 4.69) is 37.2 Å². The molecule has 0 unspecified atom stereocenters. The van der Waals surface area contributed by atoms with E-state index in [1.165, 1.54) is 6.07 Å². The first kappa shape index (κ1) is 24.4. The first-order valence-electron chi connectivity index (χ1n) is 9.35. The molecule has 1 aromatic carbocycles. The molecule has 7 nitrogen and oxygen atoms in total. The lowest BCUT2D eigenvalue weighted by Crippen LogP contribution is -2.36. The van der Waals surface area contributed by atoms with Crippen LogP contribution in [0.15, 0.2) is 21.3 Å². The van der Waals surface area contributed by atoms with Gasteiger partial charge in [-0.1, -0.05) is 31.9 Å². The molecule has 0 radical (unpaired) electrons. The van der Waals surface area contributed by atoms with Crippen LogP contribution in [-0.4, -0.2) is 34.4 Å². The van der Waals surface area contributed by atoms with Crippen molar-refractivity contribution in [2.24, 2.45) is 0 Å². The number of hydrogen-bond donors (Lipinski definition) is 1. The average molecular weight is 547 g/mol. The Morgan fingerprint density at radius 1 is 1.23 bits per heavy atom. The molecule has 2 rings (SSSR count). The Morgan fingerprint density at radius 3 is 2.50 bits per heavy atom. The van der Waals surface area contributed by atoms with E-state index in [4.69, 9.17) is 13.9 Å². The van der Waals surface area contributed by atoms with Gasteiger partial charge in [0.1, 0.15) is 23.5 Å². The first-order chi connectivity index (χ1) is 13.9. The van der Waals surface area contributed by atoms with Gasteiger partial charge in [-0.25, -0.2) is 14.4 Å². The molecular weight excluding hydrogens is 522 g/mol. The predicted molar refractivity (Wildman–Crippen MR) is 122 cm³/mol. The molecule has 1 atom stereocenters. The van der Waals surface area contributed by atoms with Crippen molar-refractivity contribution < 1.29 is 23.5 Å². The van der Waals surface area contributed by atoms with E-state index in [-0.39, 0.29) is 11.4 Å². The number of alkyl carbamates (subject to hydrolysis) is 1. The van der Waals surface area contributed by atoms with E-state index in [1.807, 2.05) is 13.0 Å². The number of aryl methyl sites for hydroxylation is 2. The van der Waals surface area contributed by atoms with Crippen LogP contribution < -0.4 is 15.7 Å². The maximum Gasteiger partial charge on any atom is 0.408 e. The minimum atomic E-state index is -0.712. The molecule has 1 N–H and O–H groups in total. The number of carbonyl (C=O) groups excluding carboxylic acids is 2. The maximum atomic E-state index is 12.4.